The first-order valence-corrected chi connectivity index (χ1v) is 13.1. The Balaban J connectivity index is 1.18. The summed E-state index contributed by atoms with van der Waals surface area (Å²) < 4.78 is 5.99. The largest absolute Gasteiger partial charge is 0.457 e. The van der Waals surface area contributed by atoms with Gasteiger partial charge in [-0.15, -0.1) is 0 Å². The number of nitrogens with zero attached hydrogens (tertiary/aromatic N) is 2. The third-order valence-corrected chi connectivity index (χ3v) is 6.85. The van der Waals surface area contributed by atoms with Crippen LogP contribution in [0.15, 0.2) is 103 Å². The molecular formula is C32H32N4O3. The highest BCUT2D eigenvalue weighted by Gasteiger charge is 2.27. The van der Waals surface area contributed by atoms with Crippen molar-refractivity contribution in [3.8, 4) is 22.6 Å². The van der Waals surface area contributed by atoms with Gasteiger partial charge >= 0.3 is 6.03 Å². The van der Waals surface area contributed by atoms with Crippen molar-refractivity contribution in [2.45, 2.75) is 19.5 Å². The number of benzene rings is 4. The zero-order chi connectivity index (χ0) is 27.2. The first kappa shape index (κ1) is 26.0. The number of carbonyl (C=O) groups excluding carboxylic acids is 2. The molecule has 1 atom stereocenters. The molecule has 0 saturated carbocycles. The standard InChI is InChI=1S/C32H32N4O3/c1-23-21-35(22-24-8-5-15-30(18-24)39-29-13-3-2-4-14-29)16-17-36(23)32(38)34-28-12-7-10-26(20-28)25-9-6-11-27(19-25)31(33)37/h2-15,18-20,23H,16-17,21-22H2,1H3,(H2,33,37)(H,34,38)/t23-/m0/s1. The maximum Gasteiger partial charge on any atom is 0.322 e. The molecule has 0 aliphatic carbocycles. The summed E-state index contributed by atoms with van der Waals surface area (Å²) in [6, 6.07) is 32.6. The van der Waals surface area contributed by atoms with E-state index in [1.165, 1.54) is 5.56 Å². The number of nitrogens with one attached hydrogen (secondary N) is 1. The van der Waals surface area contributed by atoms with Crippen molar-refractivity contribution in [2.24, 2.45) is 5.73 Å². The molecule has 0 unspecified atom stereocenters. The summed E-state index contributed by atoms with van der Waals surface area (Å²) in [5.41, 5.74) is 9.51. The minimum absolute atomic E-state index is 0.0536. The summed E-state index contributed by atoms with van der Waals surface area (Å²) in [5.74, 6) is 1.16. The predicted molar refractivity (Wildman–Crippen MR) is 154 cm³/mol. The molecule has 0 radical (unpaired) electrons. The quantitative estimate of drug-likeness (QED) is 0.314. The van der Waals surface area contributed by atoms with Crippen LogP contribution in [0, 0.1) is 0 Å². The Hall–Kier alpha value is -4.62. The first-order chi connectivity index (χ1) is 18.9. The lowest BCUT2D eigenvalue weighted by atomic mass is 10.0. The average Bonchev–Trinajstić information content (AvgIpc) is 2.94. The van der Waals surface area contributed by atoms with Gasteiger partial charge in [0.25, 0.3) is 0 Å². The van der Waals surface area contributed by atoms with E-state index >= 15 is 0 Å². The van der Waals surface area contributed by atoms with Crippen molar-refractivity contribution in [3.05, 3.63) is 114 Å². The van der Waals surface area contributed by atoms with Gasteiger partial charge in [-0.2, -0.15) is 0 Å². The number of anilines is 1. The Morgan fingerprint density at radius 1 is 0.846 bits per heavy atom. The second kappa shape index (κ2) is 11.8. The Morgan fingerprint density at radius 3 is 2.33 bits per heavy atom. The van der Waals surface area contributed by atoms with Gasteiger partial charge in [-0.1, -0.05) is 54.6 Å². The van der Waals surface area contributed by atoms with Gasteiger partial charge in [-0.25, -0.2) is 4.79 Å². The van der Waals surface area contributed by atoms with Gasteiger partial charge < -0.3 is 20.7 Å². The number of hydrogen-bond donors (Lipinski definition) is 2. The highest BCUT2D eigenvalue weighted by atomic mass is 16.5. The number of primary amides is 1. The lowest BCUT2D eigenvalue weighted by Crippen LogP contribution is -2.54. The highest BCUT2D eigenvalue weighted by molar-refractivity contribution is 5.94. The van der Waals surface area contributed by atoms with Gasteiger partial charge in [0.1, 0.15) is 11.5 Å². The molecule has 7 heteroatoms. The van der Waals surface area contributed by atoms with Gasteiger partial charge in [0.2, 0.25) is 5.91 Å². The topological polar surface area (TPSA) is 87.9 Å². The van der Waals surface area contributed by atoms with Crippen LogP contribution in [0.25, 0.3) is 11.1 Å². The predicted octanol–water partition coefficient (Wildman–Crippen LogP) is 5.98. The fourth-order valence-electron chi connectivity index (χ4n) is 4.89. The molecule has 5 rings (SSSR count). The molecule has 7 nitrogen and oxygen atoms in total. The lowest BCUT2D eigenvalue weighted by molar-refractivity contribution is 0.0999. The average molecular weight is 521 g/mol. The Labute approximate surface area is 228 Å². The Kier molecular flexibility index (Phi) is 7.89. The van der Waals surface area contributed by atoms with Gasteiger partial charge in [0.05, 0.1) is 0 Å². The smallest absolute Gasteiger partial charge is 0.322 e. The monoisotopic (exact) mass is 520 g/mol. The Bertz CT molecular complexity index is 1460. The maximum atomic E-state index is 13.2. The number of rotatable bonds is 7. The normalized spacial score (nSPS) is 15.5. The van der Waals surface area contributed by atoms with Crippen LogP contribution in [0.2, 0.25) is 0 Å². The van der Waals surface area contributed by atoms with Crippen molar-refractivity contribution < 1.29 is 14.3 Å². The van der Waals surface area contributed by atoms with Crippen LogP contribution in [-0.2, 0) is 6.54 Å². The molecule has 0 spiro atoms. The fraction of sp³-hybridized carbons (Fsp3) is 0.188. The lowest BCUT2D eigenvalue weighted by Gasteiger charge is -2.39. The SMILES string of the molecule is C[C@H]1CN(Cc2cccc(Oc3ccccc3)c2)CCN1C(=O)Nc1cccc(-c2cccc(C(N)=O)c2)c1. The zero-order valence-electron chi connectivity index (χ0n) is 21.9. The third kappa shape index (κ3) is 6.64. The number of piperazine rings is 1. The fourth-order valence-corrected chi connectivity index (χ4v) is 4.89. The summed E-state index contributed by atoms with van der Waals surface area (Å²) in [6.45, 7) is 5.05. The molecule has 0 bridgehead atoms. The van der Waals surface area contributed by atoms with Crippen molar-refractivity contribution in [1.29, 1.82) is 0 Å². The van der Waals surface area contributed by atoms with Crippen molar-refractivity contribution >= 4 is 17.6 Å². The molecule has 39 heavy (non-hydrogen) atoms. The van der Waals surface area contributed by atoms with E-state index in [2.05, 4.69) is 29.3 Å². The van der Waals surface area contributed by atoms with E-state index in [4.69, 9.17) is 10.5 Å². The number of ether oxygens (including phenoxy) is 1. The third-order valence-electron chi connectivity index (χ3n) is 6.85. The molecule has 1 heterocycles. The van der Waals surface area contributed by atoms with Crippen molar-refractivity contribution in [3.63, 3.8) is 0 Å². The molecule has 3 N–H and O–H groups in total. The minimum atomic E-state index is -0.470. The van der Waals surface area contributed by atoms with Gasteiger partial charge in [-0.3, -0.25) is 9.69 Å². The van der Waals surface area contributed by atoms with E-state index in [0.717, 1.165) is 42.3 Å². The maximum absolute atomic E-state index is 13.2. The summed E-state index contributed by atoms with van der Waals surface area (Å²) in [4.78, 5) is 29.0. The molecule has 0 aromatic heterocycles. The molecule has 1 fully saturated rings. The zero-order valence-corrected chi connectivity index (χ0v) is 21.9. The molecule has 4 aromatic carbocycles. The number of amides is 3. The molecule has 198 valence electrons. The first-order valence-electron chi connectivity index (χ1n) is 13.1. The molecule has 1 aliphatic rings. The second-order valence-corrected chi connectivity index (χ2v) is 9.80. The summed E-state index contributed by atoms with van der Waals surface area (Å²) in [6.07, 6.45) is 0. The van der Waals surface area contributed by atoms with Crippen LogP contribution in [-0.4, -0.2) is 47.4 Å². The van der Waals surface area contributed by atoms with Crippen LogP contribution >= 0.6 is 0 Å². The summed E-state index contributed by atoms with van der Waals surface area (Å²) in [7, 11) is 0. The number of urea groups is 1. The molecule has 4 aromatic rings. The van der Waals surface area contributed by atoms with Crippen LogP contribution in [0.3, 0.4) is 0 Å². The molecule has 1 saturated heterocycles. The summed E-state index contributed by atoms with van der Waals surface area (Å²) in [5, 5.41) is 3.05. The number of carbonyl (C=O) groups is 2. The summed E-state index contributed by atoms with van der Waals surface area (Å²) >= 11 is 0. The highest BCUT2D eigenvalue weighted by Crippen LogP contribution is 2.25. The Morgan fingerprint density at radius 2 is 1.56 bits per heavy atom. The van der Waals surface area contributed by atoms with E-state index in [1.54, 1.807) is 18.2 Å². The van der Waals surface area contributed by atoms with Gasteiger partial charge in [-0.05, 0) is 72.1 Å². The molecule has 3 amide bonds. The van der Waals surface area contributed by atoms with Crippen LogP contribution in [0.5, 0.6) is 11.5 Å². The van der Waals surface area contributed by atoms with E-state index in [1.807, 2.05) is 77.7 Å². The second-order valence-electron chi connectivity index (χ2n) is 9.80. The number of para-hydroxylation sites is 1. The number of hydrogen-bond acceptors (Lipinski definition) is 4. The van der Waals surface area contributed by atoms with E-state index < -0.39 is 5.91 Å². The molecular weight excluding hydrogens is 488 g/mol. The van der Waals surface area contributed by atoms with Gasteiger partial charge in [0.15, 0.2) is 0 Å². The minimum Gasteiger partial charge on any atom is -0.457 e. The van der Waals surface area contributed by atoms with Crippen LogP contribution in [0.1, 0.15) is 22.8 Å². The molecule has 1 aliphatic heterocycles. The van der Waals surface area contributed by atoms with E-state index in [9.17, 15) is 9.59 Å². The van der Waals surface area contributed by atoms with E-state index in [0.29, 0.717) is 17.8 Å². The van der Waals surface area contributed by atoms with Crippen molar-refractivity contribution in [2.75, 3.05) is 25.0 Å². The van der Waals surface area contributed by atoms with E-state index in [-0.39, 0.29) is 12.1 Å². The van der Waals surface area contributed by atoms with Crippen LogP contribution < -0.4 is 15.8 Å². The number of nitrogens with two attached hydrogens (primary N) is 1. The van der Waals surface area contributed by atoms with Gasteiger partial charge in [0, 0.05) is 43.5 Å². The van der Waals surface area contributed by atoms with Crippen LogP contribution in [0.4, 0.5) is 10.5 Å². The van der Waals surface area contributed by atoms with Crippen molar-refractivity contribution in [1.82, 2.24) is 9.80 Å².